The van der Waals surface area contributed by atoms with Crippen molar-refractivity contribution in [3.63, 3.8) is 0 Å². The zero-order valence-corrected chi connectivity index (χ0v) is 16.8. The fraction of sp³-hybridized carbons (Fsp3) is 0.238. The van der Waals surface area contributed by atoms with E-state index in [0.717, 1.165) is 5.56 Å². The number of benzene rings is 2. The van der Waals surface area contributed by atoms with Crippen molar-refractivity contribution in [2.75, 3.05) is 6.61 Å². The summed E-state index contributed by atoms with van der Waals surface area (Å²) in [4.78, 5) is 24.8. The van der Waals surface area contributed by atoms with Crippen LogP contribution in [0.3, 0.4) is 0 Å². The second-order valence-electron chi connectivity index (χ2n) is 6.45. The van der Waals surface area contributed by atoms with E-state index < -0.39 is 11.9 Å². The van der Waals surface area contributed by atoms with Crippen LogP contribution in [0.15, 0.2) is 53.6 Å². The molecule has 7 nitrogen and oxygen atoms in total. The van der Waals surface area contributed by atoms with Gasteiger partial charge in [-0.1, -0.05) is 25.4 Å². The van der Waals surface area contributed by atoms with Crippen LogP contribution >= 0.6 is 11.6 Å². The summed E-state index contributed by atoms with van der Waals surface area (Å²) in [6.45, 7) is 3.63. The molecule has 0 aliphatic heterocycles. The maximum Gasteiger partial charge on any atom is 0.262 e. The normalized spacial score (nSPS) is 11.7. The lowest BCUT2D eigenvalue weighted by Gasteiger charge is -2.20. The van der Waals surface area contributed by atoms with Crippen molar-refractivity contribution < 1.29 is 14.3 Å². The quantitative estimate of drug-likeness (QED) is 0.513. The van der Waals surface area contributed by atoms with Crippen molar-refractivity contribution in [3.05, 3.63) is 64.7 Å². The number of carbonyl (C=O) groups is 2. The highest BCUT2D eigenvalue weighted by Gasteiger charge is 2.24. The molecule has 0 spiro atoms. The van der Waals surface area contributed by atoms with Gasteiger partial charge in [0.15, 0.2) is 6.61 Å². The molecule has 2 amide bonds. The average Bonchev–Trinajstić information content (AvgIpc) is 2.71. The van der Waals surface area contributed by atoms with Crippen LogP contribution in [0.1, 0.15) is 29.8 Å². The Labute approximate surface area is 174 Å². The topological polar surface area (TPSA) is 104 Å². The zero-order chi connectivity index (χ0) is 21.2. The molecular formula is C21H21ClN4O3. The first kappa shape index (κ1) is 21.9. The van der Waals surface area contributed by atoms with Crippen LogP contribution in [0.4, 0.5) is 0 Å². The Hall–Kier alpha value is -3.37. The first-order valence-electron chi connectivity index (χ1n) is 8.90. The maximum atomic E-state index is 12.5. The van der Waals surface area contributed by atoms with Crippen LogP contribution in [-0.2, 0) is 4.79 Å². The third-order valence-electron chi connectivity index (χ3n) is 3.91. The Morgan fingerprint density at radius 2 is 1.83 bits per heavy atom. The van der Waals surface area contributed by atoms with Crippen molar-refractivity contribution in [2.24, 2.45) is 11.0 Å². The Morgan fingerprint density at radius 3 is 2.41 bits per heavy atom. The van der Waals surface area contributed by atoms with Gasteiger partial charge < -0.3 is 10.1 Å². The summed E-state index contributed by atoms with van der Waals surface area (Å²) in [7, 11) is 0. The molecule has 0 heterocycles. The van der Waals surface area contributed by atoms with Gasteiger partial charge in [-0.3, -0.25) is 9.59 Å². The van der Waals surface area contributed by atoms with Gasteiger partial charge in [-0.25, -0.2) is 5.43 Å². The Bertz CT molecular complexity index is 903. The maximum absolute atomic E-state index is 12.5. The minimum atomic E-state index is -0.753. The van der Waals surface area contributed by atoms with E-state index >= 15 is 0 Å². The van der Waals surface area contributed by atoms with Gasteiger partial charge >= 0.3 is 0 Å². The lowest BCUT2D eigenvalue weighted by Crippen LogP contribution is -2.48. The third kappa shape index (κ3) is 6.94. The SMILES string of the molecule is CC(C)C(NC(=O)c1ccc(Cl)cc1)C(=O)N/N=C\c1ccc(OCC#N)cc1. The molecule has 0 aromatic heterocycles. The lowest BCUT2D eigenvalue weighted by molar-refractivity contribution is -0.123. The van der Waals surface area contributed by atoms with E-state index in [-0.39, 0.29) is 18.4 Å². The molecular weight excluding hydrogens is 392 g/mol. The minimum absolute atomic E-state index is 0.0260. The molecule has 0 saturated heterocycles. The molecule has 29 heavy (non-hydrogen) atoms. The number of ether oxygens (including phenoxy) is 1. The van der Waals surface area contributed by atoms with E-state index in [2.05, 4.69) is 15.8 Å². The number of carbonyl (C=O) groups excluding carboxylic acids is 2. The van der Waals surface area contributed by atoms with Gasteiger partial charge in [-0.05, 0) is 60.0 Å². The highest BCUT2D eigenvalue weighted by Crippen LogP contribution is 2.12. The van der Waals surface area contributed by atoms with Crippen molar-refractivity contribution in [3.8, 4) is 11.8 Å². The van der Waals surface area contributed by atoms with Crippen molar-refractivity contribution in [2.45, 2.75) is 19.9 Å². The Balaban J connectivity index is 1.95. The van der Waals surface area contributed by atoms with Gasteiger partial charge in [0.25, 0.3) is 11.8 Å². The molecule has 0 saturated carbocycles. The second-order valence-corrected chi connectivity index (χ2v) is 6.89. The first-order chi connectivity index (χ1) is 13.9. The van der Waals surface area contributed by atoms with Gasteiger partial charge in [0.05, 0.1) is 6.21 Å². The fourth-order valence-corrected chi connectivity index (χ4v) is 2.49. The first-order valence-corrected chi connectivity index (χ1v) is 9.27. The van der Waals surface area contributed by atoms with Gasteiger partial charge in [0, 0.05) is 10.6 Å². The van der Waals surface area contributed by atoms with Crippen LogP contribution in [-0.4, -0.2) is 30.7 Å². The number of nitrogens with one attached hydrogen (secondary N) is 2. The van der Waals surface area contributed by atoms with Gasteiger partial charge in [-0.15, -0.1) is 0 Å². The number of hydrazone groups is 1. The number of hydrogen-bond acceptors (Lipinski definition) is 5. The molecule has 2 N–H and O–H groups in total. The van der Waals surface area contributed by atoms with Crippen molar-refractivity contribution in [1.82, 2.24) is 10.7 Å². The van der Waals surface area contributed by atoms with E-state index in [0.29, 0.717) is 16.3 Å². The molecule has 0 bridgehead atoms. The highest BCUT2D eigenvalue weighted by molar-refractivity contribution is 6.30. The van der Waals surface area contributed by atoms with Gasteiger partial charge in [0.2, 0.25) is 0 Å². The smallest absolute Gasteiger partial charge is 0.262 e. The summed E-state index contributed by atoms with van der Waals surface area (Å²) in [6, 6.07) is 14.4. The van der Waals surface area contributed by atoms with E-state index in [4.69, 9.17) is 21.6 Å². The molecule has 0 radical (unpaired) electrons. The number of nitrogens with zero attached hydrogens (tertiary/aromatic N) is 2. The Morgan fingerprint density at radius 1 is 1.17 bits per heavy atom. The molecule has 2 rings (SSSR count). The lowest BCUT2D eigenvalue weighted by atomic mass is 10.0. The van der Waals surface area contributed by atoms with Crippen LogP contribution in [0.25, 0.3) is 0 Å². The summed E-state index contributed by atoms with van der Waals surface area (Å²) in [5.41, 5.74) is 3.60. The number of amides is 2. The predicted octanol–water partition coefficient (Wildman–Crippen LogP) is 3.15. The summed E-state index contributed by atoms with van der Waals surface area (Å²) >= 11 is 5.83. The minimum Gasteiger partial charge on any atom is -0.479 e. The molecule has 2 aromatic rings. The molecule has 1 atom stereocenters. The average molecular weight is 413 g/mol. The summed E-state index contributed by atoms with van der Waals surface area (Å²) in [5, 5.41) is 15.7. The molecule has 2 aromatic carbocycles. The van der Waals surface area contributed by atoms with Gasteiger partial charge in [-0.2, -0.15) is 10.4 Å². The fourth-order valence-electron chi connectivity index (χ4n) is 2.37. The van der Waals surface area contributed by atoms with Crippen molar-refractivity contribution >= 4 is 29.6 Å². The summed E-state index contributed by atoms with van der Waals surface area (Å²) in [6.07, 6.45) is 1.48. The molecule has 1 unspecified atom stereocenters. The number of nitriles is 1. The second kappa shape index (κ2) is 10.8. The van der Waals surface area contributed by atoms with E-state index in [9.17, 15) is 9.59 Å². The standard InChI is InChI=1S/C21H21ClN4O3/c1-14(2)19(25-20(27)16-5-7-17(22)8-6-16)21(28)26-24-13-15-3-9-18(10-4-15)29-12-11-23/h3-10,13-14,19H,12H2,1-2H3,(H,25,27)(H,26,28)/b24-13-. The molecule has 8 heteroatoms. The Kier molecular flexibility index (Phi) is 8.19. The molecule has 0 aliphatic rings. The van der Waals surface area contributed by atoms with Gasteiger partial charge in [0.1, 0.15) is 17.9 Å². The predicted molar refractivity (Wildman–Crippen MR) is 111 cm³/mol. The van der Waals surface area contributed by atoms with Crippen LogP contribution in [0.2, 0.25) is 5.02 Å². The molecule has 150 valence electrons. The number of rotatable bonds is 8. The number of hydrogen-bond donors (Lipinski definition) is 2. The van der Waals surface area contributed by atoms with E-state index in [1.54, 1.807) is 48.5 Å². The number of halogens is 1. The largest absolute Gasteiger partial charge is 0.479 e. The summed E-state index contributed by atoms with van der Waals surface area (Å²) in [5.74, 6) is -0.365. The van der Waals surface area contributed by atoms with Crippen LogP contribution < -0.4 is 15.5 Å². The third-order valence-corrected chi connectivity index (χ3v) is 4.17. The van der Waals surface area contributed by atoms with Crippen LogP contribution in [0, 0.1) is 17.2 Å². The van der Waals surface area contributed by atoms with E-state index in [1.807, 2.05) is 19.9 Å². The highest BCUT2D eigenvalue weighted by atomic mass is 35.5. The zero-order valence-electron chi connectivity index (χ0n) is 16.1. The van der Waals surface area contributed by atoms with E-state index in [1.165, 1.54) is 6.21 Å². The molecule has 0 fully saturated rings. The van der Waals surface area contributed by atoms with Crippen LogP contribution in [0.5, 0.6) is 5.75 Å². The van der Waals surface area contributed by atoms with Crippen molar-refractivity contribution in [1.29, 1.82) is 5.26 Å². The summed E-state index contributed by atoms with van der Waals surface area (Å²) < 4.78 is 5.17. The molecule has 0 aliphatic carbocycles. The monoisotopic (exact) mass is 412 g/mol.